The molecule has 4 rings (SSSR count). The molecule has 4 aromatic rings. The molecule has 0 aliphatic carbocycles. The van der Waals surface area contributed by atoms with Crippen LogP contribution < -0.4 is 5.76 Å². The highest BCUT2D eigenvalue weighted by molar-refractivity contribution is 5.72. The number of hydrogen-bond acceptors (Lipinski definition) is 3. The maximum atomic E-state index is 11.3. The molecule has 4 nitrogen and oxygen atoms in total. The smallest absolute Gasteiger partial charge is 0.408 e. The van der Waals surface area contributed by atoms with E-state index in [9.17, 15) is 4.79 Å². The Morgan fingerprint density at radius 2 is 1.41 bits per heavy atom. The van der Waals surface area contributed by atoms with Crippen molar-refractivity contribution in [3.05, 3.63) is 106 Å². The maximum absolute atomic E-state index is 11.3. The van der Waals surface area contributed by atoms with Crippen molar-refractivity contribution in [3.63, 3.8) is 0 Å². The number of hydrogen-bond donors (Lipinski definition) is 1. The molecule has 0 spiro atoms. The van der Waals surface area contributed by atoms with Crippen LogP contribution >= 0.6 is 0 Å². The Labute approximate surface area is 158 Å². The average Bonchev–Trinajstić information content (AvgIpc) is 3.07. The van der Waals surface area contributed by atoms with Gasteiger partial charge in [-0.2, -0.15) is 0 Å². The topological polar surface area (TPSA) is 49.2 Å². The van der Waals surface area contributed by atoms with Crippen LogP contribution in [-0.2, 0) is 19.5 Å². The Balaban J connectivity index is 1.49. The summed E-state index contributed by atoms with van der Waals surface area (Å²) in [4.78, 5) is 16.5. The van der Waals surface area contributed by atoms with Gasteiger partial charge < -0.3 is 4.42 Å². The summed E-state index contributed by atoms with van der Waals surface area (Å²) < 4.78 is 5.18. The van der Waals surface area contributed by atoms with Crippen LogP contribution in [0.15, 0.2) is 88.1 Å². The summed E-state index contributed by atoms with van der Waals surface area (Å²) in [5.74, 6) is -0.406. The fourth-order valence-corrected chi connectivity index (χ4v) is 3.33. The van der Waals surface area contributed by atoms with Crippen LogP contribution in [0.4, 0.5) is 0 Å². The van der Waals surface area contributed by atoms with Crippen molar-refractivity contribution in [3.8, 4) is 0 Å². The summed E-state index contributed by atoms with van der Waals surface area (Å²) in [5.41, 5.74) is 5.14. The van der Waals surface area contributed by atoms with Crippen LogP contribution in [0.1, 0.15) is 16.7 Å². The molecule has 0 aliphatic heterocycles. The van der Waals surface area contributed by atoms with E-state index in [1.54, 1.807) is 0 Å². The molecule has 0 bridgehead atoms. The number of nitrogens with one attached hydrogen (secondary N) is 1. The van der Waals surface area contributed by atoms with Gasteiger partial charge in [-0.3, -0.25) is 9.88 Å². The van der Waals surface area contributed by atoms with Gasteiger partial charge in [0, 0.05) is 19.6 Å². The monoisotopic (exact) mass is 358 g/mol. The molecule has 3 aromatic carbocycles. The Kier molecular flexibility index (Phi) is 5.17. The minimum absolute atomic E-state index is 0.406. The summed E-state index contributed by atoms with van der Waals surface area (Å²) in [6.07, 6.45) is 0.893. The van der Waals surface area contributed by atoms with Crippen molar-refractivity contribution in [2.24, 2.45) is 0 Å². The molecule has 0 unspecified atom stereocenters. The van der Waals surface area contributed by atoms with Crippen LogP contribution in [0.2, 0.25) is 0 Å². The van der Waals surface area contributed by atoms with Crippen LogP contribution in [0, 0.1) is 0 Å². The third-order valence-electron chi connectivity index (χ3n) is 4.70. The molecule has 0 atom stereocenters. The largest absolute Gasteiger partial charge is 0.417 e. The molecule has 0 radical (unpaired) electrons. The molecule has 0 fully saturated rings. The summed E-state index contributed by atoms with van der Waals surface area (Å²) in [6, 6.07) is 27.0. The number of oxazole rings is 1. The molecule has 4 heteroatoms. The number of fused-ring (bicyclic) bond motifs is 1. The fourth-order valence-electron chi connectivity index (χ4n) is 3.33. The first-order valence-corrected chi connectivity index (χ1v) is 9.18. The first-order valence-electron chi connectivity index (χ1n) is 9.18. The highest BCUT2D eigenvalue weighted by Gasteiger charge is 2.09. The van der Waals surface area contributed by atoms with E-state index >= 15 is 0 Å². The standard InChI is InChI=1S/C23H22N2O2/c26-23-24-21-12-11-18(15-22(21)27-23)13-14-25(16-19-7-3-1-4-8-19)17-20-9-5-2-6-10-20/h1-12,15H,13-14,16-17H2,(H,24,26). The van der Waals surface area contributed by atoms with Gasteiger partial charge in [0.25, 0.3) is 0 Å². The minimum Gasteiger partial charge on any atom is -0.408 e. The zero-order valence-corrected chi connectivity index (χ0v) is 15.1. The van der Waals surface area contributed by atoms with E-state index in [0.29, 0.717) is 5.58 Å². The van der Waals surface area contributed by atoms with Crippen molar-refractivity contribution in [2.45, 2.75) is 19.5 Å². The number of rotatable bonds is 7. The van der Waals surface area contributed by atoms with Gasteiger partial charge in [-0.05, 0) is 35.2 Å². The van der Waals surface area contributed by atoms with Crippen molar-refractivity contribution in [1.29, 1.82) is 0 Å². The van der Waals surface area contributed by atoms with Crippen LogP contribution in [-0.4, -0.2) is 16.4 Å². The van der Waals surface area contributed by atoms with Crippen molar-refractivity contribution in [2.75, 3.05) is 6.54 Å². The number of aromatic amines is 1. The predicted molar refractivity (Wildman–Crippen MR) is 108 cm³/mol. The maximum Gasteiger partial charge on any atom is 0.417 e. The Bertz CT molecular complexity index is 1010. The van der Waals surface area contributed by atoms with Gasteiger partial charge >= 0.3 is 5.76 Å². The van der Waals surface area contributed by atoms with E-state index in [0.717, 1.165) is 37.1 Å². The van der Waals surface area contributed by atoms with Crippen molar-refractivity contribution >= 4 is 11.1 Å². The van der Waals surface area contributed by atoms with E-state index < -0.39 is 5.76 Å². The van der Waals surface area contributed by atoms with E-state index in [2.05, 4.69) is 64.5 Å². The normalized spacial score (nSPS) is 11.3. The molecule has 0 amide bonds. The average molecular weight is 358 g/mol. The lowest BCUT2D eigenvalue weighted by atomic mass is 10.1. The van der Waals surface area contributed by atoms with Gasteiger partial charge in [-0.25, -0.2) is 4.79 Å². The molecule has 1 N–H and O–H groups in total. The van der Waals surface area contributed by atoms with Crippen LogP contribution in [0.5, 0.6) is 0 Å². The van der Waals surface area contributed by atoms with E-state index in [-0.39, 0.29) is 0 Å². The van der Waals surface area contributed by atoms with Gasteiger partial charge in [0.1, 0.15) is 0 Å². The van der Waals surface area contributed by atoms with Crippen LogP contribution in [0.3, 0.4) is 0 Å². The number of nitrogens with zero attached hydrogens (tertiary/aromatic N) is 1. The van der Waals surface area contributed by atoms with Gasteiger partial charge in [0.15, 0.2) is 5.58 Å². The van der Waals surface area contributed by atoms with Gasteiger partial charge in [-0.1, -0.05) is 66.7 Å². The number of benzene rings is 3. The molecule has 1 aromatic heterocycles. The third kappa shape index (κ3) is 4.54. The van der Waals surface area contributed by atoms with Gasteiger partial charge in [0.05, 0.1) is 5.52 Å². The zero-order valence-electron chi connectivity index (χ0n) is 15.1. The lowest BCUT2D eigenvalue weighted by Crippen LogP contribution is -2.25. The van der Waals surface area contributed by atoms with E-state index in [1.807, 2.05) is 24.3 Å². The molecule has 27 heavy (non-hydrogen) atoms. The molecule has 0 saturated carbocycles. The predicted octanol–water partition coefficient (Wildman–Crippen LogP) is 4.37. The molecule has 0 aliphatic rings. The zero-order chi connectivity index (χ0) is 18.5. The van der Waals surface area contributed by atoms with Crippen LogP contribution in [0.25, 0.3) is 11.1 Å². The lowest BCUT2D eigenvalue weighted by molar-refractivity contribution is 0.260. The Hall–Kier alpha value is -3.11. The van der Waals surface area contributed by atoms with Gasteiger partial charge in [0.2, 0.25) is 0 Å². The second-order valence-electron chi connectivity index (χ2n) is 6.78. The third-order valence-corrected chi connectivity index (χ3v) is 4.70. The van der Waals surface area contributed by atoms with E-state index in [1.165, 1.54) is 11.1 Å². The summed E-state index contributed by atoms with van der Waals surface area (Å²) in [7, 11) is 0. The molecule has 0 saturated heterocycles. The quantitative estimate of drug-likeness (QED) is 0.534. The summed E-state index contributed by atoms with van der Waals surface area (Å²) >= 11 is 0. The second-order valence-corrected chi connectivity index (χ2v) is 6.78. The highest BCUT2D eigenvalue weighted by Crippen LogP contribution is 2.15. The van der Waals surface area contributed by atoms with Crippen molar-refractivity contribution < 1.29 is 4.42 Å². The van der Waals surface area contributed by atoms with Gasteiger partial charge in [-0.15, -0.1) is 0 Å². The summed E-state index contributed by atoms with van der Waals surface area (Å²) in [6.45, 7) is 2.72. The fraction of sp³-hybridized carbons (Fsp3) is 0.174. The molecule has 1 heterocycles. The number of aromatic nitrogens is 1. The highest BCUT2D eigenvalue weighted by atomic mass is 16.4. The Morgan fingerprint density at radius 1 is 0.778 bits per heavy atom. The SMILES string of the molecule is O=c1[nH]c2ccc(CCN(Cc3ccccc3)Cc3ccccc3)cc2o1. The first kappa shape index (κ1) is 17.3. The molecular formula is C23H22N2O2. The molecule has 136 valence electrons. The second kappa shape index (κ2) is 8.06. The number of H-pyrrole nitrogens is 1. The lowest BCUT2D eigenvalue weighted by Gasteiger charge is -2.22. The molecular weight excluding hydrogens is 336 g/mol. The Morgan fingerprint density at radius 3 is 2.04 bits per heavy atom. The minimum atomic E-state index is -0.406. The summed E-state index contributed by atoms with van der Waals surface area (Å²) in [5, 5.41) is 0. The first-order chi connectivity index (χ1) is 13.3. The van der Waals surface area contributed by atoms with Crippen molar-refractivity contribution in [1.82, 2.24) is 9.88 Å². The van der Waals surface area contributed by atoms with E-state index in [4.69, 9.17) is 4.42 Å².